The van der Waals surface area contributed by atoms with Gasteiger partial charge in [0.05, 0.1) is 12.5 Å². The van der Waals surface area contributed by atoms with Crippen LogP contribution < -0.4 is 10.4 Å². The van der Waals surface area contributed by atoms with Gasteiger partial charge in [-0.2, -0.15) is 0 Å². The van der Waals surface area contributed by atoms with E-state index in [1.54, 1.807) is 24.3 Å². The van der Waals surface area contributed by atoms with Crippen LogP contribution in [0.2, 0.25) is 5.02 Å². The summed E-state index contributed by atoms with van der Waals surface area (Å²) in [6.07, 6.45) is 0. The molecule has 1 aromatic rings. The summed E-state index contributed by atoms with van der Waals surface area (Å²) in [5, 5.41) is 13.3. The van der Waals surface area contributed by atoms with Crippen molar-refractivity contribution in [3.05, 3.63) is 29.3 Å². The quantitative estimate of drug-likeness (QED) is 0.745. The van der Waals surface area contributed by atoms with Gasteiger partial charge in [0.25, 0.3) is 0 Å². The predicted octanol–water partition coefficient (Wildman–Crippen LogP) is 0.502. The fourth-order valence-corrected chi connectivity index (χ4v) is 0.868. The Morgan fingerprint density at radius 3 is 2.50 bits per heavy atom. The molecular formula is C8H7ClNO2-. The van der Waals surface area contributed by atoms with Crippen LogP contribution in [-0.2, 0) is 4.79 Å². The van der Waals surface area contributed by atoms with Gasteiger partial charge in [-0.1, -0.05) is 11.6 Å². The fourth-order valence-electron chi connectivity index (χ4n) is 0.742. The van der Waals surface area contributed by atoms with Crippen molar-refractivity contribution < 1.29 is 9.90 Å². The van der Waals surface area contributed by atoms with Gasteiger partial charge in [0, 0.05) is 10.7 Å². The topological polar surface area (TPSA) is 52.2 Å². The maximum atomic E-state index is 10.0. The average Bonchev–Trinajstić information content (AvgIpc) is 2.03. The maximum Gasteiger partial charge on any atom is 0.0605 e. The van der Waals surface area contributed by atoms with Crippen LogP contribution in [0.3, 0.4) is 0 Å². The molecule has 0 radical (unpaired) electrons. The van der Waals surface area contributed by atoms with Crippen molar-refractivity contribution >= 4 is 23.3 Å². The van der Waals surface area contributed by atoms with E-state index in [1.807, 2.05) is 0 Å². The van der Waals surface area contributed by atoms with Crippen LogP contribution >= 0.6 is 11.6 Å². The summed E-state index contributed by atoms with van der Waals surface area (Å²) in [5.74, 6) is -1.13. The van der Waals surface area contributed by atoms with Crippen molar-refractivity contribution in [2.24, 2.45) is 0 Å². The van der Waals surface area contributed by atoms with E-state index in [-0.39, 0.29) is 6.54 Å². The number of benzene rings is 1. The van der Waals surface area contributed by atoms with Gasteiger partial charge in [-0.15, -0.1) is 0 Å². The third-order valence-electron chi connectivity index (χ3n) is 1.28. The first-order valence-corrected chi connectivity index (χ1v) is 3.75. The van der Waals surface area contributed by atoms with Crippen molar-refractivity contribution in [1.29, 1.82) is 0 Å². The minimum absolute atomic E-state index is 0.193. The van der Waals surface area contributed by atoms with Crippen LogP contribution in [0.15, 0.2) is 24.3 Å². The average molecular weight is 185 g/mol. The Kier molecular flexibility index (Phi) is 2.94. The Morgan fingerprint density at radius 2 is 2.00 bits per heavy atom. The number of halogens is 1. The largest absolute Gasteiger partial charge is 0.548 e. The first kappa shape index (κ1) is 8.87. The molecule has 3 nitrogen and oxygen atoms in total. The van der Waals surface area contributed by atoms with Crippen molar-refractivity contribution in [3.8, 4) is 0 Å². The van der Waals surface area contributed by atoms with E-state index in [0.29, 0.717) is 10.7 Å². The summed E-state index contributed by atoms with van der Waals surface area (Å²) in [7, 11) is 0. The second-order valence-electron chi connectivity index (χ2n) is 2.23. The number of carbonyl (C=O) groups is 1. The van der Waals surface area contributed by atoms with E-state index in [2.05, 4.69) is 5.32 Å². The molecule has 0 aliphatic rings. The lowest BCUT2D eigenvalue weighted by Gasteiger charge is -2.05. The SMILES string of the molecule is O=C([O-])CNc1ccc(Cl)cc1. The summed E-state index contributed by atoms with van der Waals surface area (Å²) in [4.78, 5) is 10.0. The number of hydrogen-bond acceptors (Lipinski definition) is 3. The number of nitrogens with one attached hydrogen (secondary N) is 1. The van der Waals surface area contributed by atoms with Crippen LogP contribution in [0, 0.1) is 0 Å². The number of carboxylic acids is 1. The van der Waals surface area contributed by atoms with Gasteiger partial charge in [0.1, 0.15) is 0 Å². The van der Waals surface area contributed by atoms with E-state index in [4.69, 9.17) is 11.6 Å². The summed E-state index contributed by atoms with van der Waals surface area (Å²) < 4.78 is 0. The van der Waals surface area contributed by atoms with Crippen LogP contribution in [0.4, 0.5) is 5.69 Å². The fraction of sp³-hybridized carbons (Fsp3) is 0.125. The molecule has 0 amide bonds. The van der Waals surface area contributed by atoms with Gasteiger partial charge in [-0.05, 0) is 24.3 Å². The highest BCUT2D eigenvalue weighted by Crippen LogP contribution is 2.12. The van der Waals surface area contributed by atoms with E-state index in [9.17, 15) is 9.90 Å². The van der Waals surface area contributed by atoms with Crippen molar-refractivity contribution in [2.75, 3.05) is 11.9 Å². The molecule has 0 saturated carbocycles. The van der Waals surface area contributed by atoms with Gasteiger partial charge in [0.15, 0.2) is 0 Å². The Hall–Kier alpha value is -1.22. The smallest absolute Gasteiger partial charge is 0.0605 e. The molecular weight excluding hydrogens is 178 g/mol. The lowest BCUT2D eigenvalue weighted by molar-refractivity contribution is -0.302. The number of carboxylic acid groups (broad SMARTS) is 1. The molecule has 64 valence electrons. The highest BCUT2D eigenvalue weighted by atomic mass is 35.5. The first-order valence-electron chi connectivity index (χ1n) is 3.38. The van der Waals surface area contributed by atoms with Crippen molar-refractivity contribution in [3.63, 3.8) is 0 Å². The lowest BCUT2D eigenvalue weighted by Crippen LogP contribution is -2.30. The standard InChI is InChI=1S/C8H8ClNO2/c9-6-1-3-7(4-2-6)10-5-8(11)12/h1-4,10H,5H2,(H,11,12)/p-1. The number of hydrogen-bond donors (Lipinski definition) is 1. The third-order valence-corrected chi connectivity index (χ3v) is 1.53. The van der Waals surface area contributed by atoms with E-state index in [0.717, 1.165) is 0 Å². The summed E-state index contributed by atoms with van der Waals surface area (Å²) >= 11 is 5.62. The minimum Gasteiger partial charge on any atom is -0.548 e. The molecule has 1 aromatic carbocycles. The minimum atomic E-state index is -1.13. The second kappa shape index (κ2) is 3.97. The molecule has 0 heterocycles. The zero-order chi connectivity index (χ0) is 8.97. The lowest BCUT2D eigenvalue weighted by atomic mass is 10.3. The molecule has 0 aliphatic heterocycles. The Balaban J connectivity index is 2.53. The van der Waals surface area contributed by atoms with Crippen LogP contribution in [0.25, 0.3) is 0 Å². The summed E-state index contributed by atoms with van der Waals surface area (Å²) in [5.41, 5.74) is 0.712. The molecule has 1 rings (SSSR count). The highest BCUT2D eigenvalue weighted by Gasteiger charge is 1.90. The zero-order valence-electron chi connectivity index (χ0n) is 6.21. The van der Waals surface area contributed by atoms with Gasteiger partial charge in [-0.25, -0.2) is 0 Å². The molecule has 0 bridgehead atoms. The number of rotatable bonds is 3. The van der Waals surface area contributed by atoms with Gasteiger partial charge >= 0.3 is 0 Å². The second-order valence-corrected chi connectivity index (χ2v) is 2.67. The van der Waals surface area contributed by atoms with Crippen LogP contribution in [0.1, 0.15) is 0 Å². The number of aliphatic carboxylic acids is 1. The molecule has 0 atom stereocenters. The molecule has 12 heavy (non-hydrogen) atoms. The molecule has 0 spiro atoms. The van der Waals surface area contributed by atoms with E-state index >= 15 is 0 Å². The number of anilines is 1. The van der Waals surface area contributed by atoms with Gasteiger partial charge in [-0.3, -0.25) is 0 Å². The van der Waals surface area contributed by atoms with Crippen LogP contribution in [-0.4, -0.2) is 12.5 Å². The van der Waals surface area contributed by atoms with Crippen LogP contribution in [0.5, 0.6) is 0 Å². The Bertz CT molecular complexity index is 271. The summed E-state index contributed by atoms with van der Waals surface area (Å²) in [6.45, 7) is -0.193. The first-order chi connectivity index (χ1) is 5.68. The highest BCUT2D eigenvalue weighted by molar-refractivity contribution is 6.30. The normalized spacial score (nSPS) is 9.42. The molecule has 4 heteroatoms. The molecule has 0 saturated heterocycles. The summed E-state index contributed by atoms with van der Waals surface area (Å²) in [6, 6.07) is 6.76. The van der Waals surface area contributed by atoms with Gasteiger partial charge in [0.2, 0.25) is 0 Å². The number of carbonyl (C=O) groups excluding carboxylic acids is 1. The van der Waals surface area contributed by atoms with Gasteiger partial charge < -0.3 is 15.2 Å². The third kappa shape index (κ3) is 2.80. The Morgan fingerprint density at radius 1 is 1.42 bits per heavy atom. The molecule has 0 unspecified atom stereocenters. The monoisotopic (exact) mass is 184 g/mol. The van der Waals surface area contributed by atoms with Crippen molar-refractivity contribution in [2.45, 2.75) is 0 Å². The molecule has 0 fully saturated rings. The van der Waals surface area contributed by atoms with E-state index < -0.39 is 5.97 Å². The predicted molar refractivity (Wildman–Crippen MR) is 44.9 cm³/mol. The zero-order valence-corrected chi connectivity index (χ0v) is 6.97. The van der Waals surface area contributed by atoms with E-state index in [1.165, 1.54) is 0 Å². The molecule has 0 aromatic heterocycles. The molecule has 0 aliphatic carbocycles. The molecule has 1 N–H and O–H groups in total. The Labute approximate surface area is 75.0 Å². The maximum absolute atomic E-state index is 10.0. The van der Waals surface area contributed by atoms with Crippen molar-refractivity contribution in [1.82, 2.24) is 0 Å².